The van der Waals surface area contributed by atoms with E-state index in [0.717, 1.165) is 12.8 Å². The van der Waals surface area contributed by atoms with E-state index < -0.39 is 10.0 Å². The van der Waals surface area contributed by atoms with Crippen molar-refractivity contribution in [3.63, 3.8) is 0 Å². The molecular weight excluding hydrogens is 264 g/mol. The Bertz CT molecular complexity index is 526. The third-order valence-electron chi connectivity index (χ3n) is 3.89. The molecule has 0 amide bonds. The fourth-order valence-corrected chi connectivity index (χ4v) is 4.23. The summed E-state index contributed by atoms with van der Waals surface area (Å²) >= 11 is 0. The van der Waals surface area contributed by atoms with Crippen molar-refractivity contribution in [2.75, 3.05) is 13.1 Å². The van der Waals surface area contributed by atoms with Gasteiger partial charge in [-0.1, -0.05) is 6.92 Å². The van der Waals surface area contributed by atoms with Gasteiger partial charge in [0.2, 0.25) is 10.0 Å². The molecule has 1 fully saturated rings. The third kappa shape index (κ3) is 2.82. The first kappa shape index (κ1) is 14.5. The van der Waals surface area contributed by atoms with Crippen LogP contribution in [-0.4, -0.2) is 41.6 Å². The highest BCUT2D eigenvalue weighted by Gasteiger charge is 2.35. The monoisotopic (exact) mass is 286 g/mol. The maximum atomic E-state index is 12.6. The summed E-state index contributed by atoms with van der Waals surface area (Å²) in [6.45, 7) is 5.64. The van der Waals surface area contributed by atoms with Crippen molar-refractivity contribution in [3.8, 4) is 0 Å². The van der Waals surface area contributed by atoms with Gasteiger partial charge >= 0.3 is 0 Å². The fraction of sp³-hybridized carbons (Fsp3) is 0.750. The molecule has 1 aliphatic rings. The molecule has 1 aromatic heterocycles. The van der Waals surface area contributed by atoms with Gasteiger partial charge in [-0.05, 0) is 25.7 Å². The van der Waals surface area contributed by atoms with Gasteiger partial charge in [0.15, 0.2) is 0 Å². The molecule has 108 valence electrons. The van der Waals surface area contributed by atoms with Crippen molar-refractivity contribution < 1.29 is 8.42 Å². The van der Waals surface area contributed by atoms with Crippen LogP contribution in [0.25, 0.3) is 0 Å². The Labute approximate surface area is 114 Å². The molecule has 7 heteroatoms. The largest absolute Gasteiger partial charge is 0.329 e. The van der Waals surface area contributed by atoms with Crippen LogP contribution in [0.4, 0.5) is 0 Å². The molecule has 0 saturated carbocycles. The number of nitrogens with two attached hydrogens (primary N) is 1. The van der Waals surface area contributed by atoms with Crippen molar-refractivity contribution in [2.45, 2.75) is 44.2 Å². The summed E-state index contributed by atoms with van der Waals surface area (Å²) in [7, 11) is -3.43. The maximum Gasteiger partial charge on any atom is 0.246 e. The Morgan fingerprint density at radius 2 is 2.21 bits per heavy atom. The fourth-order valence-electron chi connectivity index (χ4n) is 2.50. The maximum absolute atomic E-state index is 12.6. The van der Waals surface area contributed by atoms with Gasteiger partial charge < -0.3 is 5.73 Å². The number of nitrogens with zero attached hydrogens (tertiary/aromatic N) is 3. The number of rotatable bonds is 4. The van der Waals surface area contributed by atoms with Gasteiger partial charge in [-0.2, -0.15) is 9.40 Å². The van der Waals surface area contributed by atoms with Crippen LogP contribution in [0.3, 0.4) is 0 Å². The molecule has 6 nitrogen and oxygen atoms in total. The van der Waals surface area contributed by atoms with Gasteiger partial charge in [0, 0.05) is 25.3 Å². The second-order valence-electron chi connectivity index (χ2n) is 5.20. The average molecular weight is 286 g/mol. The van der Waals surface area contributed by atoms with E-state index in [1.54, 1.807) is 15.2 Å². The summed E-state index contributed by atoms with van der Waals surface area (Å²) in [5.41, 5.74) is 5.44. The lowest BCUT2D eigenvalue weighted by Crippen LogP contribution is -2.45. The normalized spacial score (nSPS) is 25.6. The van der Waals surface area contributed by atoms with Crippen LogP contribution in [0.1, 0.15) is 26.7 Å². The number of hydrogen-bond donors (Lipinski definition) is 1. The predicted molar refractivity (Wildman–Crippen MR) is 73.0 cm³/mol. The molecule has 0 aliphatic carbocycles. The van der Waals surface area contributed by atoms with Gasteiger partial charge in [-0.3, -0.25) is 4.68 Å². The van der Waals surface area contributed by atoms with Crippen LogP contribution in [-0.2, 0) is 16.6 Å². The number of hydrogen-bond acceptors (Lipinski definition) is 4. The Balaban J connectivity index is 2.25. The molecule has 1 aromatic rings. The molecule has 1 saturated heterocycles. The van der Waals surface area contributed by atoms with Gasteiger partial charge in [-0.15, -0.1) is 0 Å². The SMILES string of the molecule is CC1CCCN(S(=O)(=O)c2cnn(CCN)c2)C1C. The first-order valence-electron chi connectivity index (χ1n) is 6.71. The zero-order valence-corrected chi connectivity index (χ0v) is 12.3. The second kappa shape index (κ2) is 5.60. The Hall–Kier alpha value is -0.920. The Kier molecular flexibility index (Phi) is 4.27. The summed E-state index contributed by atoms with van der Waals surface area (Å²) in [4.78, 5) is 0.266. The molecule has 0 radical (unpaired) electrons. The van der Waals surface area contributed by atoms with E-state index in [9.17, 15) is 8.42 Å². The number of sulfonamides is 1. The number of piperidine rings is 1. The number of aromatic nitrogens is 2. The van der Waals surface area contributed by atoms with Crippen molar-refractivity contribution in [3.05, 3.63) is 12.4 Å². The van der Waals surface area contributed by atoms with E-state index in [1.807, 2.05) is 6.92 Å². The lowest BCUT2D eigenvalue weighted by molar-refractivity contribution is 0.202. The lowest BCUT2D eigenvalue weighted by atomic mass is 9.94. The van der Waals surface area contributed by atoms with Crippen LogP contribution in [0.5, 0.6) is 0 Å². The average Bonchev–Trinajstić information content (AvgIpc) is 2.82. The first-order valence-corrected chi connectivity index (χ1v) is 8.15. The highest BCUT2D eigenvalue weighted by molar-refractivity contribution is 7.89. The van der Waals surface area contributed by atoms with Gasteiger partial charge in [0.25, 0.3) is 0 Å². The predicted octanol–water partition coefficient (Wildman–Crippen LogP) is 0.651. The standard InChI is InChI=1S/C12H22N4O2S/c1-10-4-3-6-16(11(10)2)19(17,18)12-8-14-15(9-12)7-5-13/h8-11H,3-7,13H2,1-2H3. The van der Waals surface area contributed by atoms with Crippen molar-refractivity contribution in [1.82, 2.24) is 14.1 Å². The zero-order chi connectivity index (χ0) is 14.0. The summed E-state index contributed by atoms with van der Waals surface area (Å²) in [6.07, 6.45) is 4.98. The van der Waals surface area contributed by atoms with Gasteiger partial charge in [-0.25, -0.2) is 8.42 Å². The van der Waals surface area contributed by atoms with E-state index in [2.05, 4.69) is 12.0 Å². The molecule has 2 atom stereocenters. The zero-order valence-electron chi connectivity index (χ0n) is 11.5. The van der Waals surface area contributed by atoms with Crippen LogP contribution < -0.4 is 5.73 Å². The van der Waals surface area contributed by atoms with Gasteiger partial charge in [0.1, 0.15) is 4.90 Å². The summed E-state index contributed by atoms with van der Waals surface area (Å²) in [6, 6.07) is 0.0385. The molecule has 1 aliphatic heterocycles. The van der Waals surface area contributed by atoms with E-state index in [1.165, 1.54) is 6.20 Å². The minimum Gasteiger partial charge on any atom is -0.329 e. The molecular formula is C12H22N4O2S. The summed E-state index contributed by atoms with van der Waals surface area (Å²) < 4.78 is 28.4. The quantitative estimate of drug-likeness (QED) is 0.881. The van der Waals surface area contributed by atoms with Gasteiger partial charge in [0.05, 0.1) is 12.7 Å². The highest BCUT2D eigenvalue weighted by Crippen LogP contribution is 2.28. The minimum absolute atomic E-state index is 0.0385. The topological polar surface area (TPSA) is 81.2 Å². The van der Waals surface area contributed by atoms with Crippen molar-refractivity contribution >= 4 is 10.0 Å². The first-order chi connectivity index (χ1) is 8.96. The molecule has 2 rings (SSSR count). The molecule has 0 bridgehead atoms. The lowest BCUT2D eigenvalue weighted by Gasteiger charge is -2.36. The highest BCUT2D eigenvalue weighted by atomic mass is 32.2. The smallest absolute Gasteiger partial charge is 0.246 e. The van der Waals surface area contributed by atoms with E-state index in [4.69, 9.17) is 5.73 Å². The van der Waals surface area contributed by atoms with E-state index >= 15 is 0 Å². The third-order valence-corrected chi connectivity index (χ3v) is 5.83. The molecule has 0 spiro atoms. The second-order valence-corrected chi connectivity index (χ2v) is 7.09. The Morgan fingerprint density at radius 1 is 1.47 bits per heavy atom. The van der Waals surface area contributed by atoms with E-state index in [-0.39, 0.29) is 10.9 Å². The Morgan fingerprint density at radius 3 is 2.89 bits per heavy atom. The van der Waals surface area contributed by atoms with Crippen LogP contribution in [0.15, 0.2) is 17.3 Å². The van der Waals surface area contributed by atoms with E-state index in [0.29, 0.717) is 25.6 Å². The molecule has 0 aromatic carbocycles. The summed E-state index contributed by atoms with van der Waals surface area (Å²) in [5, 5.41) is 4.04. The molecule has 2 unspecified atom stereocenters. The minimum atomic E-state index is -3.43. The molecule has 2 N–H and O–H groups in total. The summed E-state index contributed by atoms with van der Waals surface area (Å²) in [5.74, 6) is 0.391. The molecule has 2 heterocycles. The van der Waals surface area contributed by atoms with Crippen LogP contribution in [0.2, 0.25) is 0 Å². The van der Waals surface area contributed by atoms with Crippen LogP contribution in [0, 0.1) is 5.92 Å². The molecule has 19 heavy (non-hydrogen) atoms. The van der Waals surface area contributed by atoms with Crippen molar-refractivity contribution in [1.29, 1.82) is 0 Å². The van der Waals surface area contributed by atoms with Crippen molar-refractivity contribution in [2.24, 2.45) is 11.7 Å². The van der Waals surface area contributed by atoms with Crippen LogP contribution >= 0.6 is 0 Å².